The number of hydrogen-bond donors (Lipinski definition) is 0. The Labute approximate surface area is 184 Å². The van der Waals surface area contributed by atoms with Crippen LogP contribution in [0.1, 0.15) is 51.4 Å². The first kappa shape index (κ1) is 24.2. The molecule has 0 saturated heterocycles. The first-order valence-corrected chi connectivity index (χ1v) is 10.4. The maximum Gasteiger partial charge on any atom is 0.305 e. The van der Waals surface area contributed by atoms with Crippen LogP contribution in [-0.4, -0.2) is 46.8 Å². The largest absolute Gasteiger partial charge is 0.469 e. The molecule has 1 aromatic heterocycles. The van der Waals surface area contributed by atoms with E-state index in [1.54, 1.807) is 22.1 Å². The molecule has 0 saturated carbocycles. The maximum atomic E-state index is 13.3. The lowest BCUT2D eigenvalue weighted by atomic mass is 10.0. The molecule has 0 aliphatic carbocycles. The molecule has 0 spiro atoms. The minimum atomic E-state index is -0.541. The monoisotopic (exact) mass is 428 g/mol. The van der Waals surface area contributed by atoms with Crippen molar-refractivity contribution in [3.05, 3.63) is 60.1 Å². The predicted molar refractivity (Wildman–Crippen MR) is 117 cm³/mol. The molecule has 0 aliphatic rings. The molecule has 0 radical (unpaired) electrons. The number of ether oxygens (including phenoxy) is 1. The van der Waals surface area contributed by atoms with Crippen LogP contribution in [0.3, 0.4) is 0 Å². The SMILES string of the molecule is COC(=O)CCCC(=O)N(CC(=O)N(Cc1ccccc1)Cc1ccco1)C(C)(C)C. The van der Waals surface area contributed by atoms with E-state index in [2.05, 4.69) is 4.74 Å². The number of hydrogen-bond acceptors (Lipinski definition) is 5. The molecular formula is C24H32N2O5. The van der Waals surface area contributed by atoms with Gasteiger partial charge in [-0.1, -0.05) is 30.3 Å². The van der Waals surface area contributed by atoms with Crippen molar-refractivity contribution in [3.63, 3.8) is 0 Å². The lowest BCUT2D eigenvalue weighted by Crippen LogP contribution is -2.51. The van der Waals surface area contributed by atoms with Crippen LogP contribution in [0.4, 0.5) is 0 Å². The van der Waals surface area contributed by atoms with E-state index < -0.39 is 5.54 Å². The van der Waals surface area contributed by atoms with Crippen LogP contribution in [0.5, 0.6) is 0 Å². The van der Waals surface area contributed by atoms with Crippen molar-refractivity contribution in [1.82, 2.24) is 9.80 Å². The Morgan fingerprint density at radius 3 is 2.23 bits per heavy atom. The van der Waals surface area contributed by atoms with Gasteiger partial charge in [0.1, 0.15) is 12.3 Å². The van der Waals surface area contributed by atoms with E-state index in [9.17, 15) is 14.4 Å². The molecule has 0 atom stereocenters. The first-order valence-electron chi connectivity index (χ1n) is 10.4. The summed E-state index contributed by atoms with van der Waals surface area (Å²) in [6, 6.07) is 13.3. The van der Waals surface area contributed by atoms with Gasteiger partial charge in [-0.2, -0.15) is 0 Å². The molecule has 0 N–H and O–H groups in total. The Hall–Kier alpha value is -3.09. The van der Waals surface area contributed by atoms with Gasteiger partial charge >= 0.3 is 5.97 Å². The molecule has 0 bridgehead atoms. The Morgan fingerprint density at radius 2 is 1.65 bits per heavy atom. The number of rotatable bonds is 10. The van der Waals surface area contributed by atoms with Gasteiger partial charge in [-0.05, 0) is 44.9 Å². The molecule has 1 heterocycles. The highest BCUT2D eigenvalue weighted by Gasteiger charge is 2.30. The maximum absolute atomic E-state index is 13.3. The van der Waals surface area contributed by atoms with Crippen molar-refractivity contribution in [2.24, 2.45) is 0 Å². The van der Waals surface area contributed by atoms with E-state index in [-0.39, 0.29) is 37.2 Å². The van der Waals surface area contributed by atoms with Gasteiger partial charge in [0.2, 0.25) is 11.8 Å². The molecule has 2 amide bonds. The standard InChI is InChI=1S/C24H32N2O5/c1-24(2,3)26(21(27)13-8-14-23(29)30-4)18-22(28)25(17-20-12-9-15-31-20)16-19-10-6-5-7-11-19/h5-7,9-12,15H,8,13-14,16-18H2,1-4H3. The third-order valence-electron chi connectivity index (χ3n) is 4.90. The Balaban J connectivity index is 2.12. The number of amides is 2. The van der Waals surface area contributed by atoms with Crippen LogP contribution in [0.25, 0.3) is 0 Å². The number of esters is 1. The molecule has 0 unspecified atom stereocenters. The summed E-state index contributed by atoms with van der Waals surface area (Å²) >= 11 is 0. The highest BCUT2D eigenvalue weighted by atomic mass is 16.5. The molecule has 7 nitrogen and oxygen atoms in total. The summed E-state index contributed by atoms with van der Waals surface area (Å²) in [5.74, 6) is -0.00595. The fourth-order valence-corrected chi connectivity index (χ4v) is 3.18. The normalized spacial score (nSPS) is 11.1. The smallest absolute Gasteiger partial charge is 0.305 e. The fourth-order valence-electron chi connectivity index (χ4n) is 3.18. The second kappa shape index (κ2) is 11.3. The second-order valence-corrected chi connectivity index (χ2v) is 8.40. The van der Waals surface area contributed by atoms with E-state index in [0.717, 1.165) is 5.56 Å². The van der Waals surface area contributed by atoms with Gasteiger partial charge in [-0.3, -0.25) is 14.4 Å². The Kier molecular flexibility index (Phi) is 8.85. The molecule has 2 rings (SSSR count). The molecule has 31 heavy (non-hydrogen) atoms. The highest BCUT2D eigenvalue weighted by Crippen LogP contribution is 2.18. The van der Waals surface area contributed by atoms with E-state index in [0.29, 0.717) is 25.3 Å². The van der Waals surface area contributed by atoms with Crippen LogP contribution in [-0.2, 0) is 32.2 Å². The Bertz CT molecular complexity index is 841. The van der Waals surface area contributed by atoms with E-state index in [1.807, 2.05) is 57.2 Å². The Morgan fingerprint density at radius 1 is 0.935 bits per heavy atom. The second-order valence-electron chi connectivity index (χ2n) is 8.40. The summed E-state index contributed by atoms with van der Waals surface area (Å²) in [5, 5.41) is 0. The van der Waals surface area contributed by atoms with Gasteiger partial charge in [0, 0.05) is 24.9 Å². The molecule has 0 fully saturated rings. The topological polar surface area (TPSA) is 80.1 Å². The van der Waals surface area contributed by atoms with E-state index in [1.165, 1.54) is 7.11 Å². The lowest BCUT2D eigenvalue weighted by Gasteiger charge is -2.37. The highest BCUT2D eigenvalue weighted by molar-refractivity contribution is 5.85. The van der Waals surface area contributed by atoms with Crippen molar-refractivity contribution in [2.45, 2.75) is 58.7 Å². The zero-order valence-corrected chi connectivity index (χ0v) is 18.8. The molecule has 0 aliphatic heterocycles. The summed E-state index contributed by atoms with van der Waals surface area (Å²) in [7, 11) is 1.32. The number of carbonyl (C=O) groups excluding carboxylic acids is 3. The van der Waals surface area contributed by atoms with Gasteiger partial charge < -0.3 is 19.0 Å². The minimum Gasteiger partial charge on any atom is -0.469 e. The number of furan rings is 1. The predicted octanol–water partition coefficient (Wildman–Crippen LogP) is 3.78. The number of nitrogens with zero attached hydrogens (tertiary/aromatic N) is 2. The van der Waals surface area contributed by atoms with Crippen molar-refractivity contribution in [2.75, 3.05) is 13.7 Å². The number of methoxy groups -OCH3 is 1. The zero-order valence-electron chi connectivity index (χ0n) is 18.8. The van der Waals surface area contributed by atoms with E-state index >= 15 is 0 Å². The minimum absolute atomic E-state index is 0.0475. The van der Waals surface area contributed by atoms with Crippen molar-refractivity contribution >= 4 is 17.8 Å². The van der Waals surface area contributed by atoms with Crippen LogP contribution in [0.15, 0.2) is 53.1 Å². The fraction of sp³-hybridized carbons (Fsp3) is 0.458. The summed E-state index contributed by atoms with van der Waals surface area (Å²) in [6.45, 7) is 6.36. The molecule has 2 aromatic rings. The van der Waals surface area contributed by atoms with Gasteiger partial charge in [-0.25, -0.2) is 0 Å². The summed E-state index contributed by atoms with van der Waals surface area (Å²) < 4.78 is 10.1. The van der Waals surface area contributed by atoms with Crippen molar-refractivity contribution in [1.29, 1.82) is 0 Å². The molecule has 7 heteroatoms. The van der Waals surface area contributed by atoms with Gasteiger partial charge in [-0.15, -0.1) is 0 Å². The summed E-state index contributed by atoms with van der Waals surface area (Å²) in [4.78, 5) is 40.8. The average Bonchev–Trinajstić information content (AvgIpc) is 3.24. The number of carbonyl (C=O) groups is 3. The third-order valence-corrected chi connectivity index (χ3v) is 4.90. The van der Waals surface area contributed by atoms with Crippen LogP contribution in [0.2, 0.25) is 0 Å². The van der Waals surface area contributed by atoms with Crippen molar-refractivity contribution < 1.29 is 23.5 Å². The number of benzene rings is 1. The average molecular weight is 429 g/mol. The third kappa shape index (κ3) is 7.92. The zero-order chi connectivity index (χ0) is 22.9. The van der Waals surface area contributed by atoms with E-state index in [4.69, 9.17) is 4.42 Å². The molecule has 168 valence electrons. The van der Waals surface area contributed by atoms with Crippen LogP contribution >= 0.6 is 0 Å². The van der Waals surface area contributed by atoms with Crippen molar-refractivity contribution in [3.8, 4) is 0 Å². The van der Waals surface area contributed by atoms with Gasteiger partial charge in [0.05, 0.1) is 19.9 Å². The van der Waals surface area contributed by atoms with Gasteiger partial charge in [0.25, 0.3) is 0 Å². The summed E-state index contributed by atoms with van der Waals surface area (Å²) in [5.41, 5.74) is 0.454. The first-order chi connectivity index (χ1) is 14.7. The summed E-state index contributed by atoms with van der Waals surface area (Å²) in [6.07, 6.45) is 2.31. The lowest BCUT2D eigenvalue weighted by molar-refractivity contribution is -0.146. The molecular weight excluding hydrogens is 396 g/mol. The molecule has 1 aromatic carbocycles. The van der Waals surface area contributed by atoms with Crippen LogP contribution in [0, 0.1) is 0 Å². The quantitative estimate of drug-likeness (QED) is 0.538. The van der Waals surface area contributed by atoms with Gasteiger partial charge in [0.15, 0.2) is 0 Å². The van der Waals surface area contributed by atoms with Crippen LogP contribution < -0.4 is 0 Å².